The van der Waals surface area contributed by atoms with E-state index in [0.717, 1.165) is 0 Å². The molecule has 1 aromatic heterocycles. The predicted octanol–water partition coefficient (Wildman–Crippen LogP) is 1.28. The quantitative estimate of drug-likeness (QED) is 0.807. The second kappa shape index (κ2) is 5.07. The Hall–Kier alpha value is -0.940. The third-order valence-electron chi connectivity index (χ3n) is 1.32. The number of amides is 1. The van der Waals surface area contributed by atoms with Crippen LogP contribution < -0.4 is 5.32 Å². The molecule has 0 bridgehead atoms. The molecule has 1 unspecified atom stereocenters. The normalized spacial score (nSPS) is 12.2. The molecule has 0 fully saturated rings. The van der Waals surface area contributed by atoms with Gasteiger partial charge in [0.05, 0.1) is 24.6 Å². The van der Waals surface area contributed by atoms with Gasteiger partial charge in [-0.2, -0.15) is 0 Å². The molecule has 1 rings (SSSR count). The number of carbonyl (C=O) groups is 1. The molecule has 0 radical (unpaired) electrons. The van der Waals surface area contributed by atoms with Crippen molar-refractivity contribution in [2.75, 3.05) is 0 Å². The smallest absolute Gasteiger partial charge is 0.270 e. The monoisotopic (exact) mass is 237 g/mol. The van der Waals surface area contributed by atoms with E-state index >= 15 is 0 Å². The molecule has 0 aliphatic carbocycles. The van der Waals surface area contributed by atoms with E-state index in [2.05, 4.69) is 15.3 Å². The molecule has 0 saturated carbocycles. The van der Waals surface area contributed by atoms with Crippen molar-refractivity contribution in [3.8, 4) is 0 Å². The van der Waals surface area contributed by atoms with Crippen LogP contribution in [0, 0.1) is 0 Å². The third kappa shape index (κ3) is 3.43. The van der Waals surface area contributed by atoms with E-state index in [1.54, 1.807) is 0 Å². The molecule has 4 nitrogen and oxygen atoms in total. The molecular weight excluding hydrogens is 232 g/mol. The van der Waals surface area contributed by atoms with Gasteiger partial charge in [0.1, 0.15) is 5.15 Å². The predicted molar refractivity (Wildman–Crippen MR) is 49.6 cm³/mol. The first-order valence-electron chi connectivity index (χ1n) is 3.62. The number of hydrogen-bond donors (Lipinski definition) is 1. The maximum absolute atomic E-state index is 12.2. The lowest BCUT2D eigenvalue weighted by atomic mass is 10.4. The summed E-state index contributed by atoms with van der Waals surface area (Å²) < 4.78 is 12.2. The molecule has 1 amide bonds. The van der Waals surface area contributed by atoms with E-state index in [4.69, 9.17) is 23.2 Å². The fourth-order valence-corrected chi connectivity index (χ4v) is 0.860. The second-order valence-corrected chi connectivity index (χ2v) is 3.12. The highest BCUT2D eigenvalue weighted by molar-refractivity contribution is 6.29. The summed E-state index contributed by atoms with van der Waals surface area (Å²) in [5.74, 6) is -0.900. The van der Waals surface area contributed by atoms with Crippen LogP contribution in [0.3, 0.4) is 0 Å². The highest BCUT2D eigenvalue weighted by atomic mass is 35.5. The fourth-order valence-electron chi connectivity index (χ4n) is 0.685. The number of halogens is 3. The zero-order chi connectivity index (χ0) is 10.6. The number of alkyl halides is 2. The van der Waals surface area contributed by atoms with Crippen LogP contribution in [0.2, 0.25) is 5.15 Å². The summed E-state index contributed by atoms with van der Waals surface area (Å²) >= 11 is 10.4. The van der Waals surface area contributed by atoms with Crippen LogP contribution in [0.1, 0.15) is 5.69 Å². The van der Waals surface area contributed by atoms with Gasteiger partial charge in [-0.3, -0.25) is 9.78 Å². The lowest BCUT2D eigenvalue weighted by Gasteiger charge is -2.03. The van der Waals surface area contributed by atoms with Gasteiger partial charge < -0.3 is 5.32 Å². The largest absolute Gasteiger partial charge is 0.347 e. The Morgan fingerprint density at radius 3 is 2.79 bits per heavy atom. The number of rotatable bonds is 3. The molecule has 0 aliphatic heterocycles. The van der Waals surface area contributed by atoms with Crippen molar-refractivity contribution in [3.63, 3.8) is 0 Å². The van der Waals surface area contributed by atoms with Gasteiger partial charge >= 0.3 is 0 Å². The minimum atomic E-state index is -2.05. The Kier molecular flexibility index (Phi) is 4.03. The van der Waals surface area contributed by atoms with Crippen molar-refractivity contribution in [1.82, 2.24) is 15.3 Å². The van der Waals surface area contributed by atoms with E-state index in [1.165, 1.54) is 12.4 Å². The van der Waals surface area contributed by atoms with Gasteiger partial charge in [-0.15, -0.1) is 0 Å². The third-order valence-corrected chi connectivity index (χ3v) is 1.71. The molecule has 76 valence electrons. The molecular formula is C7H6Cl2FN3O. The van der Waals surface area contributed by atoms with Gasteiger partial charge in [0, 0.05) is 0 Å². The molecule has 7 heteroatoms. The van der Waals surface area contributed by atoms with E-state index in [9.17, 15) is 9.18 Å². The second-order valence-electron chi connectivity index (χ2n) is 2.35. The Morgan fingerprint density at radius 2 is 2.29 bits per heavy atom. The maximum Gasteiger partial charge on any atom is 0.270 e. The van der Waals surface area contributed by atoms with E-state index in [0.29, 0.717) is 5.69 Å². The molecule has 1 atom stereocenters. The van der Waals surface area contributed by atoms with Gasteiger partial charge in [-0.05, 0) is 0 Å². The summed E-state index contributed by atoms with van der Waals surface area (Å²) in [6.45, 7) is 0.0656. The fraction of sp³-hybridized carbons (Fsp3) is 0.286. The summed E-state index contributed by atoms with van der Waals surface area (Å²) in [6, 6.07) is 0. The van der Waals surface area contributed by atoms with Crippen LogP contribution >= 0.6 is 23.2 Å². The number of nitrogens with one attached hydrogen (secondary N) is 1. The van der Waals surface area contributed by atoms with Crippen molar-refractivity contribution in [3.05, 3.63) is 23.2 Å². The number of carbonyl (C=O) groups excluding carboxylic acids is 1. The average Bonchev–Trinajstić information content (AvgIpc) is 2.16. The van der Waals surface area contributed by atoms with Gasteiger partial charge in [0.25, 0.3) is 11.5 Å². The van der Waals surface area contributed by atoms with Gasteiger partial charge in [0.2, 0.25) is 0 Å². The van der Waals surface area contributed by atoms with E-state index < -0.39 is 11.5 Å². The van der Waals surface area contributed by atoms with Crippen LogP contribution in [0.25, 0.3) is 0 Å². The minimum Gasteiger partial charge on any atom is -0.347 e. The molecule has 1 heterocycles. The zero-order valence-electron chi connectivity index (χ0n) is 6.88. The lowest BCUT2D eigenvalue weighted by molar-refractivity contribution is -0.123. The first kappa shape index (κ1) is 11.1. The molecule has 0 saturated heterocycles. The molecule has 14 heavy (non-hydrogen) atoms. The standard InChI is InChI=1S/C7H6Cl2FN3O/c8-5-3-11-4(1-12-5)2-13-7(14)6(9)10/h1,3,6H,2H2,(H,13,14). The van der Waals surface area contributed by atoms with Crippen LogP contribution in [-0.4, -0.2) is 21.5 Å². The Balaban J connectivity index is 2.46. The highest BCUT2D eigenvalue weighted by Gasteiger charge is 2.12. The van der Waals surface area contributed by atoms with Gasteiger partial charge in [-0.1, -0.05) is 23.2 Å². The van der Waals surface area contributed by atoms with E-state index in [-0.39, 0.29) is 11.7 Å². The molecule has 0 spiro atoms. The first-order chi connectivity index (χ1) is 6.59. The Bertz CT molecular complexity index is 317. The zero-order valence-corrected chi connectivity index (χ0v) is 8.39. The van der Waals surface area contributed by atoms with Gasteiger partial charge in [-0.25, -0.2) is 9.37 Å². The van der Waals surface area contributed by atoms with Crippen LogP contribution in [0.4, 0.5) is 4.39 Å². The van der Waals surface area contributed by atoms with Crippen LogP contribution in [-0.2, 0) is 11.3 Å². The number of nitrogens with zero attached hydrogens (tertiary/aromatic N) is 2. The van der Waals surface area contributed by atoms with E-state index in [1.807, 2.05) is 0 Å². The minimum absolute atomic E-state index is 0.0656. The van der Waals surface area contributed by atoms with Crippen molar-refractivity contribution < 1.29 is 9.18 Å². The summed E-state index contributed by atoms with van der Waals surface area (Å²) in [7, 11) is 0. The van der Waals surface area contributed by atoms with Gasteiger partial charge in [0.15, 0.2) is 0 Å². The molecule has 0 aromatic carbocycles. The summed E-state index contributed by atoms with van der Waals surface area (Å²) in [4.78, 5) is 18.3. The summed E-state index contributed by atoms with van der Waals surface area (Å²) in [5.41, 5.74) is -1.57. The molecule has 0 aliphatic rings. The van der Waals surface area contributed by atoms with Crippen LogP contribution in [0.5, 0.6) is 0 Å². The SMILES string of the molecule is O=C(NCc1cnc(Cl)cn1)C(F)Cl. The Morgan fingerprint density at radius 1 is 1.57 bits per heavy atom. The van der Waals surface area contributed by atoms with Crippen molar-refractivity contribution in [2.45, 2.75) is 12.2 Å². The maximum atomic E-state index is 12.2. The van der Waals surface area contributed by atoms with Crippen molar-refractivity contribution in [1.29, 1.82) is 0 Å². The number of aromatic nitrogens is 2. The van der Waals surface area contributed by atoms with Crippen molar-refractivity contribution >= 4 is 29.1 Å². The average molecular weight is 238 g/mol. The summed E-state index contributed by atoms with van der Waals surface area (Å²) in [6.07, 6.45) is 2.71. The summed E-state index contributed by atoms with van der Waals surface area (Å²) in [5, 5.41) is 2.48. The number of hydrogen-bond acceptors (Lipinski definition) is 3. The lowest BCUT2D eigenvalue weighted by Crippen LogP contribution is -2.28. The van der Waals surface area contributed by atoms with Crippen LogP contribution in [0.15, 0.2) is 12.4 Å². The molecule has 1 aromatic rings. The molecule has 1 N–H and O–H groups in total. The Labute approximate surface area is 89.4 Å². The first-order valence-corrected chi connectivity index (χ1v) is 4.43. The van der Waals surface area contributed by atoms with Crippen molar-refractivity contribution in [2.24, 2.45) is 0 Å². The topological polar surface area (TPSA) is 54.9 Å². The highest BCUT2D eigenvalue weighted by Crippen LogP contribution is 2.01.